The lowest BCUT2D eigenvalue weighted by molar-refractivity contribution is 0.765. The Hall–Kier alpha value is -1.13. The first kappa shape index (κ1) is 11.4. The topological polar surface area (TPSA) is 43.6 Å². The van der Waals surface area contributed by atoms with Gasteiger partial charge < -0.3 is 0 Å². The predicted molar refractivity (Wildman–Crippen MR) is 63.3 cm³/mol. The molecule has 0 radical (unpaired) electrons. The zero-order valence-electron chi connectivity index (χ0n) is 8.91. The van der Waals surface area contributed by atoms with Crippen LogP contribution in [0.1, 0.15) is 18.3 Å². The molecule has 0 bridgehead atoms. The highest BCUT2D eigenvalue weighted by Gasteiger charge is 2.09. The highest BCUT2D eigenvalue weighted by molar-refractivity contribution is 6.41. The second kappa shape index (κ2) is 4.39. The summed E-state index contributed by atoms with van der Waals surface area (Å²) in [5, 5.41) is 4.93. The van der Waals surface area contributed by atoms with Crippen molar-refractivity contribution in [2.75, 3.05) is 0 Å². The highest BCUT2D eigenvalue weighted by Crippen LogP contribution is 2.19. The summed E-state index contributed by atoms with van der Waals surface area (Å²) in [7, 11) is 0. The Bertz CT molecular complexity index is 522. The fraction of sp³-hybridized carbons (Fsp3) is 0.300. The van der Waals surface area contributed by atoms with E-state index in [0.717, 1.165) is 17.8 Å². The molecule has 0 N–H and O–H groups in total. The van der Waals surface area contributed by atoms with E-state index in [9.17, 15) is 0 Å². The Labute approximate surface area is 103 Å². The molecule has 0 saturated carbocycles. The molecule has 0 unspecified atom stereocenters. The lowest BCUT2D eigenvalue weighted by atomic mass is 10.3. The van der Waals surface area contributed by atoms with Crippen LogP contribution in [0.5, 0.6) is 0 Å². The average Bonchev–Trinajstić information content (AvgIpc) is 2.64. The normalized spacial score (nSPS) is 10.8. The Morgan fingerprint density at radius 2 is 2.12 bits per heavy atom. The van der Waals surface area contributed by atoms with E-state index in [1.54, 1.807) is 4.68 Å². The van der Waals surface area contributed by atoms with Gasteiger partial charge >= 0.3 is 0 Å². The monoisotopic (exact) mass is 256 g/mol. The fourth-order valence-corrected chi connectivity index (χ4v) is 1.57. The van der Waals surface area contributed by atoms with Crippen LogP contribution in [0.3, 0.4) is 0 Å². The van der Waals surface area contributed by atoms with Gasteiger partial charge in [0.2, 0.25) is 0 Å². The molecule has 0 fully saturated rings. The third-order valence-corrected chi connectivity index (χ3v) is 2.84. The predicted octanol–water partition coefficient (Wildman–Crippen LogP) is 2.84. The largest absolute Gasteiger partial charge is 0.252 e. The third-order valence-electron chi connectivity index (χ3n) is 2.18. The summed E-state index contributed by atoms with van der Waals surface area (Å²) in [6, 6.07) is 1.99. The summed E-state index contributed by atoms with van der Waals surface area (Å²) in [4.78, 5) is 8.17. The van der Waals surface area contributed by atoms with Crippen LogP contribution in [0, 0.1) is 6.92 Å². The average molecular weight is 257 g/mol. The molecule has 2 heterocycles. The molecule has 0 saturated heterocycles. The lowest BCUT2D eigenvalue weighted by Gasteiger charge is -2.02. The Balaban J connectivity index is 2.49. The van der Waals surface area contributed by atoms with Crippen molar-refractivity contribution in [1.29, 1.82) is 0 Å². The summed E-state index contributed by atoms with van der Waals surface area (Å²) in [6.45, 7) is 3.99. The SMILES string of the molecule is CCc1cc(C)n(-c2ncc(Cl)c(Cl)n2)n1. The van der Waals surface area contributed by atoms with Crippen LogP contribution in [0.25, 0.3) is 5.95 Å². The molecule has 0 amide bonds. The maximum atomic E-state index is 5.83. The van der Waals surface area contributed by atoms with Crippen molar-refractivity contribution in [3.05, 3.63) is 33.8 Å². The Morgan fingerprint density at radius 3 is 2.69 bits per heavy atom. The molecule has 0 spiro atoms. The summed E-state index contributed by atoms with van der Waals surface area (Å²) in [5.41, 5.74) is 1.96. The number of aromatic nitrogens is 4. The van der Waals surface area contributed by atoms with Crippen molar-refractivity contribution in [1.82, 2.24) is 19.7 Å². The van der Waals surface area contributed by atoms with Crippen LogP contribution in [-0.2, 0) is 6.42 Å². The van der Waals surface area contributed by atoms with Gasteiger partial charge in [-0.1, -0.05) is 30.1 Å². The molecule has 0 aliphatic heterocycles. The summed E-state index contributed by atoms with van der Waals surface area (Å²) >= 11 is 11.6. The van der Waals surface area contributed by atoms with E-state index in [1.807, 2.05) is 19.9 Å². The van der Waals surface area contributed by atoms with Crippen molar-refractivity contribution in [2.45, 2.75) is 20.3 Å². The molecule has 2 rings (SSSR count). The van der Waals surface area contributed by atoms with E-state index in [0.29, 0.717) is 11.0 Å². The highest BCUT2D eigenvalue weighted by atomic mass is 35.5. The maximum absolute atomic E-state index is 5.83. The molecule has 4 nitrogen and oxygen atoms in total. The van der Waals surface area contributed by atoms with Crippen molar-refractivity contribution >= 4 is 23.2 Å². The second-order valence-corrected chi connectivity index (χ2v) is 4.12. The van der Waals surface area contributed by atoms with Crippen molar-refractivity contribution in [3.8, 4) is 5.95 Å². The molecule has 0 atom stereocenters. The number of hydrogen-bond donors (Lipinski definition) is 0. The molecule has 0 aliphatic rings. The van der Waals surface area contributed by atoms with Gasteiger partial charge in [-0.25, -0.2) is 9.67 Å². The van der Waals surface area contributed by atoms with Crippen LogP contribution < -0.4 is 0 Å². The van der Waals surface area contributed by atoms with E-state index in [1.165, 1.54) is 6.20 Å². The molecule has 0 aliphatic carbocycles. The quantitative estimate of drug-likeness (QED) is 0.777. The minimum absolute atomic E-state index is 0.236. The van der Waals surface area contributed by atoms with Gasteiger partial charge in [-0.15, -0.1) is 0 Å². The standard InChI is InChI=1S/C10H10Cl2N4/c1-3-7-4-6(2)16(15-7)10-13-5-8(11)9(12)14-10/h4-5H,3H2,1-2H3. The Kier molecular flexibility index (Phi) is 3.12. The molecular formula is C10H10Cl2N4. The van der Waals surface area contributed by atoms with E-state index < -0.39 is 0 Å². The van der Waals surface area contributed by atoms with E-state index in [2.05, 4.69) is 15.1 Å². The van der Waals surface area contributed by atoms with Crippen molar-refractivity contribution in [2.24, 2.45) is 0 Å². The summed E-state index contributed by atoms with van der Waals surface area (Å²) < 4.78 is 1.65. The van der Waals surface area contributed by atoms with Crippen molar-refractivity contribution < 1.29 is 0 Å². The smallest absolute Gasteiger partial charge is 0.218 e. The number of nitrogens with zero attached hydrogens (tertiary/aromatic N) is 4. The van der Waals surface area contributed by atoms with E-state index in [-0.39, 0.29) is 5.15 Å². The zero-order valence-corrected chi connectivity index (χ0v) is 10.4. The van der Waals surface area contributed by atoms with E-state index >= 15 is 0 Å². The van der Waals surface area contributed by atoms with Crippen LogP contribution in [-0.4, -0.2) is 19.7 Å². The van der Waals surface area contributed by atoms with Gasteiger partial charge in [-0.2, -0.15) is 10.1 Å². The fourth-order valence-electron chi connectivity index (χ4n) is 1.35. The first-order valence-electron chi connectivity index (χ1n) is 4.85. The summed E-state index contributed by atoms with van der Waals surface area (Å²) in [5.74, 6) is 0.437. The van der Waals surface area contributed by atoms with Gasteiger partial charge in [-0.3, -0.25) is 0 Å². The Morgan fingerprint density at radius 1 is 1.38 bits per heavy atom. The summed E-state index contributed by atoms with van der Waals surface area (Å²) in [6.07, 6.45) is 2.34. The minimum atomic E-state index is 0.236. The van der Waals surface area contributed by atoms with Gasteiger partial charge in [-0.05, 0) is 19.4 Å². The van der Waals surface area contributed by atoms with Crippen LogP contribution in [0.4, 0.5) is 0 Å². The second-order valence-electron chi connectivity index (χ2n) is 3.35. The van der Waals surface area contributed by atoms with Gasteiger partial charge in [0.15, 0.2) is 5.15 Å². The molecular weight excluding hydrogens is 247 g/mol. The van der Waals surface area contributed by atoms with Gasteiger partial charge in [0.05, 0.1) is 16.9 Å². The number of aryl methyl sites for hydroxylation is 2. The van der Waals surface area contributed by atoms with Gasteiger partial charge in [0, 0.05) is 5.69 Å². The molecule has 0 aromatic carbocycles. The molecule has 6 heteroatoms. The van der Waals surface area contributed by atoms with E-state index in [4.69, 9.17) is 23.2 Å². The van der Waals surface area contributed by atoms with Gasteiger partial charge in [0.25, 0.3) is 5.95 Å². The number of halogens is 2. The number of hydrogen-bond acceptors (Lipinski definition) is 3. The van der Waals surface area contributed by atoms with Gasteiger partial charge in [0.1, 0.15) is 0 Å². The molecule has 84 valence electrons. The van der Waals surface area contributed by atoms with Crippen LogP contribution in [0.2, 0.25) is 10.2 Å². The third kappa shape index (κ3) is 2.03. The lowest BCUT2D eigenvalue weighted by Crippen LogP contribution is -2.05. The molecule has 2 aromatic rings. The van der Waals surface area contributed by atoms with Crippen LogP contribution in [0.15, 0.2) is 12.3 Å². The zero-order chi connectivity index (χ0) is 11.7. The first-order valence-corrected chi connectivity index (χ1v) is 5.61. The first-order chi connectivity index (χ1) is 7.61. The molecule has 16 heavy (non-hydrogen) atoms. The number of rotatable bonds is 2. The molecule has 2 aromatic heterocycles. The minimum Gasteiger partial charge on any atom is -0.218 e. The maximum Gasteiger partial charge on any atom is 0.252 e. The van der Waals surface area contributed by atoms with Crippen molar-refractivity contribution in [3.63, 3.8) is 0 Å². The van der Waals surface area contributed by atoms with Crippen LogP contribution >= 0.6 is 23.2 Å².